The Morgan fingerprint density at radius 1 is 1.03 bits per heavy atom. The Kier molecular flexibility index (Phi) is 9.35. The first-order chi connectivity index (χ1) is 18.8. The molecule has 0 spiro atoms. The van der Waals surface area contributed by atoms with Crippen LogP contribution in [0.4, 0.5) is 0 Å². The number of piperidine rings is 1. The Morgan fingerprint density at radius 2 is 1.69 bits per heavy atom. The summed E-state index contributed by atoms with van der Waals surface area (Å²) in [6.45, 7) is 1.23. The molecule has 0 bridgehead atoms. The molecule has 2 heterocycles. The van der Waals surface area contributed by atoms with Crippen molar-refractivity contribution in [1.82, 2.24) is 20.0 Å². The topological polar surface area (TPSA) is 114 Å². The molecule has 206 valence electrons. The molecule has 3 aromatic rings. The first-order valence-electron chi connectivity index (χ1n) is 13.3. The summed E-state index contributed by atoms with van der Waals surface area (Å²) in [4.78, 5) is 39.0. The maximum Gasteiger partial charge on any atom is 0.326 e. The lowest BCUT2D eigenvalue weighted by atomic mass is 9.92. The number of rotatable bonds is 11. The minimum Gasteiger partial charge on any atom is -0.497 e. The summed E-state index contributed by atoms with van der Waals surface area (Å²) in [5, 5.41) is 16.5. The van der Waals surface area contributed by atoms with Crippen LogP contribution in [-0.2, 0) is 34.3 Å². The van der Waals surface area contributed by atoms with E-state index in [1.165, 1.54) is 0 Å². The number of carbonyl (C=O) groups is 3. The molecule has 1 saturated heterocycles. The van der Waals surface area contributed by atoms with Gasteiger partial charge in [-0.3, -0.25) is 14.3 Å². The first-order valence-corrected chi connectivity index (χ1v) is 13.3. The Labute approximate surface area is 228 Å². The summed E-state index contributed by atoms with van der Waals surface area (Å²) >= 11 is 0. The van der Waals surface area contributed by atoms with Crippen molar-refractivity contribution < 1.29 is 24.2 Å². The molecule has 0 aliphatic carbocycles. The highest BCUT2D eigenvalue weighted by molar-refractivity contribution is 5.84. The molecule has 1 atom stereocenters. The SMILES string of the molecule is COc1ccc(C[C@H](NC(=O)CC2CCN(C(=O)CCc3ccc(-c4cnn(C)c4)cc3)CC2)C(=O)O)cc1. The number of likely N-dealkylation sites (tertiary alicyclic amines) is 1. The number of benzene rings is 2. The van der Waals surface area contributed by atoms with E-state index >= 15 is 0 Å². The molecule has 2 N–H and O–H groups in total. The van der Waals surface area contributed by atoms with E-state index in [1.54, 1.807) is 36.1 Å². The van der Waals surface area contributed by atoms with E-state index in [2.05, 4.69) is 34.7 Å². The van der Waals surface area contributed by atoms with E-state index in [1.807, 2.05) is 24.3 Å². The van der Waals surface area contributed by atoms with Gasteiger partial charge in [0.05, 0.1) is 13.3 Å². The van der Waals surface area contributed by atoms with Crippen molar-refractivity contribution >= 4 is 17.8 Å². The molecule has 9 nitrogen and oxygen atoms in total. The van der Waals surface area contributed by atoms with Crippen LogP contribution in [0.1, 0.15) is 36.8 Å². The van der Waals surface area contributed by atoms with Gasteiger partial charge in [0.1, 0.15) is 11.8 Å². The average molecular weight is 533 g/mol. The molecule has 0 radical (unpaired) electrons. The van der Waals surface area contributed by atoms with Gasteiger partial charge in [0.25, 0.3) is 0 Å². The molecule has 0 unspecified atom stereocenters. The number of nitrogens with zero attached hydrogens (tertiary/aromatic N) is 3. The highest BCUT2D eigenvalue weighted by atomic mass is 16.5. The van der Waals surface area contributed by atoms with Crippen molar-refractivity contribution in [3.05, 3.63) is 72.1 Å². The molecule has 1 aliphatic heterocycles. The second-order valence-corrected chi connectivity index (χ2v) is 10.1. The third-order valence-corrected chi connectivity index (χ3v) is 7.29. The zero-order valence-electron chi connectivity index (χ0n) is 22.5. The van der Waals surface area contributed by atoms with Crippen LogP contribution in [0.15, 0.2) is 60.9 Å². The summed E-state index contributed by atoms with van der Waals surface area (Å²) in [7, 11) is 3.46. The van der Waals surface area contributed by atoms with Gasteiger partial charge >= 0.3 is 5.97 Å². The minimum atomic E-state index is -1.06. The van der Waals surface area contributed by atoms with Crippen LogP contribution >= 0.6 is 0 Å². The number of nitrogens with one attached hydrogen (secondary N) is 1. The number of hydrogen-bond acceptors (Lipinski definition) is 5. The third kappa shape index (κ3) is 7.92. The zero-order valence-corrected chi connectivity index (χ0v) is 22.5. The molecule has 1 aliphatic rings. The summed E-state index contributed by atoms with van der Waals surface area (Å²) in [6, 6.07) is 14.4. The van der Waals surface area contributed by atoms with Gasteiger partial charge in [-0.05, 0) is 54.0 Å². The number of carboxylic acid groups (broad SMARTS) is 1. The molecule has 2 aromatic carbocycles. The number of aromatic nitrogens is 2. The molecule has 4 rings (SSSR count). The van der Waals surface area contributed by atoms with Crippen molar-refractivity contribution in [2.45, 2.75) is 44.6 Å². The predicted molar refractivity (Wildman–Crippen MR) is 147 cm³/mol. The summed E-state index contributed by atoms with van der Waals surface area (Å²) in [5.74, 6) is -0.388. The van der Waals surface area contributed by atoms with Crippen molar-refractivity contribution in [3.8, 4) is 16.9 Å². The van der Waals surface area contributed by atoms with E-state index in [0.29, 0.717) is 31.7 Å². The van der Waals surface area contributed by atoms with Gasteiger partial charge in [0.15, 0.2) is 0 Å². The molecule has 0 saturated carbocycles. The number of methoxy groups -OCH3 is 1. The maximum atomic E-state index is 12.8. The number of amides is 2. The molecule has 9 heteroatoms. The zero-order chi connectivity index (χ0) is 27.8. The molecule has 1 fully saturated rings. The number of ether oxygens (including phenoxy) is 1. The molecule has 1 aromatic heterocycles. The van der Waals surface area contributed by atoms with Crippen molar-refractivity contribution in [3.63, 3.8) is 0 Å². The highest BCUT2D eigenvalue weighted by Crippen LogP contribution is 2.23. The van der Waals surface area contributed by atoms with Gasteiger partial charge in [-0.2, -0.15) is 5.10 Å². The Bertz CT molecular complexity index is 1260. The molecule has 39 heavy (non-hydrogen) atoms. The number of aliphatic carboxylic acids is 1. The van der Waals surface area contributed by atoms with Crippen LogP contribution in [0.25, 0.3) is 11.1 Å². The lowest BCUT2D eigenvalue weighted by Gasteiger charge is -2.32. The largest absolute Gasteiger partial charge is 0.497 e. The van der Waals surface area contributed by atoms with Crippen LogP contribution < -0.4 is 10.1 Å². The van der Waals surface area contributed by atoms with Gasteiger partial charge < -0.3 is 20.1 Å². The average Bonchev–Trinajstić information content (AvgIpc) is 3.38. The first kappa shape index (κ1) is 27.9. The van der Waals surface area contributed by atoms with Gasteiger partial charge in [-0.25, -0.2) is 4.79 Å². The normalized spacial score (nSPS) is 14.6. The number of carboxylic acids is 1. The highest BCUT2D eigenvalue weighted by Gasteiger charge is 2.26. The summed E-state index contributed by atoms with van der Waals surface area (Å²) in [5.41, 5.74) is 4.08. The second kappa shape index (κ2) is 13.1. The summed E-state index contributed by atoms with van der Waals surface area (Å²) in [6.07, 6.45) is 6.85. The lowest BCUT2D eigenvalue weighted by Crippen LogP contribution is -2.44. The van der Waals surface area contributed by atoms with Gasteiger partial charge in [0.2, 0.25) is 11.8 Å². The second-order valence-electron chi connectivity index (χ2n) is 10.1. The van der Waals surface area contributed by atoms with Gasteiger partial charge in [0, 0.05) is 51.2 Å². The van der Waals surface area contributed by atoms with E-state index in [4.69, 9.17) is 4.74 Å². The third-order valence-electron chi connectivity index (χ3n) is 7.29. The fourth-order valence-corrected chi connectivity index (χ4v) is 4.94. The van der Waals surface area contributed by atoms with E-state index in [-0.39, 0.29) is 30.6 Å². The van der Waals surface area contributed by atoms with Crippen LogP contribution in [0, 0.1) is 5.92 Å². The lowest BCUT2D eigenvalue weighted by molar-refractivity contribution is -0.142. The van der Waals surface area contributed by atoms with Crippen LogP contribution in [0.3, 0.4) is 0 Å². The standard InChI is InChI=1S/C30H36N4O5/c1-33-20-25(19-31-33)24-8-3-21(4-9-24)7-12-29(36)34-15-13-23(14-16-34)18-28(35)32-27(30(37)38)17-22-5-10-26(39-2)11-6-22/h3-6,8-11,19-20,23,27H,7,12-18H2,1-2H3,(H,32,35)(H,37,38)/t27-/m0/s1. The number of carbonyl (C=O) groups excluding carboxylic acids is 2. The summed E-state index contributed by atoms with van der Waals surface area (Å²) < 4.78 is 6.90. The minimum absolute atomic E-state index is 0.125. The van der Waals surface area contributed by atoms with E-state index in [0.717, 1.165) is 35.1 Å². The predicted octanol–water partition coefficient (Wildman–Crippen LogP) is 3.47. The smallest absolute Gasteiger partial charge is 0.326 e. The number of aryl methyl sites for hydroxylation is 2. The Balaban J connectivity index is 1.18. The Morgan fingerprint density at radius 3 is 2.28 bits per heavy atom. The van der Waals surface area contributed by atoms with E-state index < -0.39 is 12.0 Å². The fraction of sp³-hybridized carbons (Fsp3) is 0.400. The quantitative estimate of drug-likeness (QED) is 0.391. The van der Waals surface area contributed by atoms with Crippen LogP contribution in [0.5, 0.6) is 5.75 Å². The molecule has 2 amide bonds. The van der Waals surface area contributed by atoms with Crippen LogP contribution in [-0.4, -0.2) is 63.8 Å². The van der Waals surface area contributed by atoms with Crippen molar-refractivity contribution in [2.24, 2.45) is 13.0 Å². The van der Waals surface area contributed by atoms with Gasteiger partial charge in [-0.15, -0.1) is 0 Å². The van der Waals surface area contributed by atoms with Crippen molar-refractivity contribution in [1.29, 1.82) is 0 Å². The maximum absolute atomic E-state index is 12.8. The van der Waals surface area contributed by atoms with Gasteiger partial charge in [-0.1, -0.05) is 36.4 Å². The molecular formula is C30H36N4O5. The monoisotopic (exact) mass is 532 g/mol. The molecular weight excluding hydrogens is 496 g/mol. The fourth-order valence-electron chi connectivity index (χ4n) is 4.94. The van der Waals surface area contributed by atoms with Crippen LogP contribution in [0.2, 0.25) is 0 Å². The van der Waals surface area contributed by atoms with Crippen molar-refractivity contribution in [2.75, 3.05) is 20.2 Å². The number of hydrogen-bond donors (Lipinski definition) is 2. The Hall–Kier alpha value is -4.14. The van der Waals surface area contributed by atoms with E-state index in [9.17, 15) is 19.5 Å².